The van der Waals surface area contributed by atoms with Crippen LogP contribution in [0, 0.1) is 0 Å². The van der Waals surface area contributed by atoms with E-state index in [0.29, 0.717) is 16.3 Å². The first kappa shape index (κ1) is 17.0. The molecule has 0 fully saturated rings. The van der Waals surface area contributed by atoms with E-state index in [9.17, 15) is 9.59 Å². The molecule has 0 aromatic heterocycles. The van der Waals surface area contributed by atoms with Gasteiger partial charge in [0.2, 0.25) is 5.91 Å². The number of nitrogens with one attached hydrogen (secondary N) is 1. The number of rotatable bonds is 5. The fourth-order valence-corrected chi connectivity index (χ4v) is 2.19. The van der Waals surface area contributed by atoms with Gasteiger partial charge in [-0.25, -0.2) is 4.79 Å². The van der Waals surface area contributed by atoms with Gasteiger partial charge in [-0.05, 0) is 49.7 Å². The lowest BCUT2D eigenvalue weighted by molar-refractivity contribution is -0.115. The molecule has 1 amide bonds. The largest absolute Gasteiger partial charge is 0.459 e. The molecule has 0 atom stereocenters. The van der Waals surface area contributed by atoms with Crippen LogP contribution >= 0.6 is 11.6 Å². The average Bonchev–Trinajstić information content (AvgIpc) is 2.49. The molecule has 0 saturated heterocycles. The molecule has 23 heavy (non-hydrogen) atoms. The van der Waals surface area contributed by atoms with Gasteiger partial charge < -0.3 is 10.1 Å². The van der Waals surface area contributed by atoms with E-state index in [1.165, 1.54) is 0 Å². The maximum atomic E-state index is 12.0. The number of esters is 1. The molecule has 0 saturated carbocycles. The molecule has 0 radical (unpaired) electrons. The van der Waals surface area contributed by atoms with Crippen molar-refractivity contribution in [3.05, 3.63) is 64.7 Å². The van der Waals surface area contributed by atoms with Crippen LogP contribution in [0.15, 0.2) is 48.5 Å². The Morgan fingerprint density at radius 2 is 1.74 bits per heavy atom. The van der Waals surface area contributed by atoms with Crippen molar-refractivity contribution in [3.8, 4) is 0 Å². The highest BCUT2D eigenvalue weighted by Gasteiger charge is 2.10. The monoisotopic (exact) mass is 331 g/mol. The molecule has 0 aliphatic rings. The summed E-state index contributed by atoms with van der Waals surface area (Å²) in [5, 5.41) is 3.34. The van der Waals surface area contributed by atoms with E-state index in [-0.39, 0.29) is 24.4 Å². The highest BCUT2D eigenvalue weighted by molar-refractivity contribution is 6.31. The number of ether oxygens (including phenoxy) is 1. The molecule has 0 bridgehead atoms. The lowest BCUT2D eigenvalue weighted by atomic mass is 10.1. The Morgan fingerprint density at radius 1 is 1.09 bits per heavy atom. The second kappa shape index (κ2) is 7.79. The van der Waals surface area contributed by atoms with Gasteiger partial charge in [0.05, 0.1) is 18.1 Å². The van der Waals surface area contributed by atoms with E-state index in [4.69, 9.17) is 16.3 Å². The number of halogens is 1. The third-order valence-corrected chi connectivity index (χ3v) is 3.42. The van der Waals surface area contributed by atoms with Gasteiger partial charge in [-0.3, -0.25) is 4.79 Å². The summed E-state index contributed by atoms with van der Waals surface area (Å²) in [5.41, 5.74) is 1.83. The minimum atomic E-state index is -0.381. The van der Waals surface area contributed by atoms with Crippen molar-refractivity contribution in [2.45, 2.75) is 26.4 Å². The van der Waals surface area contributed by atoms with Gasteiger partial charge in [0, 0.05) is 10.7 Å². The van der Waals surface area contributed by atoms with Crippen molar-refractivity contribution in [1.82, 2.24) is 0 Å². The molecule has 1 N–H and O–H groups in total. The van der Waals surface area contributed by atoms with E-state index in [1.807, 2.05) is 18.2 Å². The first-order valence-electron chi connectivity index (χ1n) is 7.30. The van der Waals surface area contributed by atoms with E-state index in [0.717, 1.165) is 5.56 Å². The van der Waals surface area contributed by atoms with Crippen molar-refractivity contribution in [2.24, 2.45) is 0 Å². The van der Waals surface area contributed by atoms with E-state index >= 15 is 0 Å². The molecule has 5 heteroatoms. The smallest absolute Gasteiger partial charge is 0.338 e. The molecular weight excluding hydrogens is 314 g/mol. The van der Waals surface area contributed by atoms with Gasteiger partial charge in [0.15, 0.2) is 0 Å². The van der Waals surface area contributed by atoms with Crippen molar-refractivity contribution in [1.29, 1.82) is 0 Å². The predicted molar refractivity (Wildman–Crippen MR) is 90.8 cm³/mol. The quantitative estimate of drug-likeness (QED) is 0.840. The van der Waals surface area contributed by atoms with Gasteiger partial charge in [-0.1, -0.05) is 29.8 Å². The maximum Gasteiger partial charge on any atom is 0.338 e. The Kier molecular flexibility index (Phi) is 5.77. The molecule has 0 heterocycles. The molecule has 2 aromatic rings. The Balaban J connectivity index is 1.97. The summed E-state index contributed by atoms with van der Waals surface area (Å²) < 4.78 is 5.11. The van der Waals surface area contributed by atoms with Crippen molar-refractivity contribution in [3.63, 3.8) is 0 Å². The number of benzene rings is 2. The summed E-state index contributed by atoms with van der Waals surface area (Å²) in [7, 11) is 0. The molecule has 4 nitrogen and oxygen atoms in total. The second-order valence-electron chi connectivity index (χ2n) is 5.35. The zero-order chi connectivity index (χ0) is 16.8. The van der Waals surface area contributed by atoms with Gasteiger partial charge in [-0.15, -0.1) is 0 Å². The number of carbonyl (C=O) groups excluding carboxylic acids is 2. The minimum absolute atomic E-state index is 0.169. The van der Waals surface area contributed by atoms with Crippen LogP contribution in [0.2, 0.25) is 5.02 Å². The lowest BCUT2D eigenvalue weighted by Gasteiger charge is -2.09. The van der Waals surface area contributed by atoms with Gasteiger partial charge >= 0.3 is 5.97 Å². The highest BCUT2D eigenvalue weighted by atomic mass is 35.5. The zero-order valence-corrected chi connectivity index (χ0v) is 13.8. The molecule has 2 aromatic carbocycles. The topological polar surface area (TPSA) is 55.4 Å². The minimum Gasteiger partial charge on any atom is -0.459 e. The number of carbonyl (C=O) groups is 2. The molecule has 120 valence electrons. The first-order chi connectivity index (χ1) is 11.0. The van der Waals surface area contributed by atoms with Crippen LogP contribution in [0.3, 0.4) is 0 Å². The molecule has 0 aliphatic carbocycles. The second-order valence-corrected chi connectivity index (χ2v) is 5.75. The SMILES string of the molecule is CC(C)OC(=O)c1ccc(NC(=O)Cc2ccccc2Cl)cc1. The summed E-state index contributed by atoms with van der Waals surface area (Å²) in [4.78, 5) is 23.8. The van der Waals surface area contributed by atoms with Crippen molar-refractivity contribution in [2.75, 3.05) is 5.32 Å². The fourth-order valence-electron chi connectivity index (χ4n) is 1.99. The third-order valence-electron chi connectivity index (χ3n) is 3.06. The summed E-state index contributed by atoms with van der Waals surface area (Å²) in [6.45, 7) is 3.59. The van der Waals surface area contributed by atoms with E-state index in [2.05, 4.69) is 5.32 Å². The maximum absolute atomic E-state index is 12.0. The van der Waals surface area contributed by atoms with E-state index < -0.39 is 0 Å². The summed E-state index contributed by atoms with van der Waals surface area (Å²) >= 11 is 6.04. The zero-order valence-electron chi connectivity index (χ0n) is 13.0. The average molecular weight is 332 g/mol. The summed E-state index contributed by atoms with van der Waals surface area (Å²) in [6.07, 6.45) is 0.0223. The standard InChI is InChI=1S/C18H18ClNO3/c1-12(2)23-18(22)13-7-9-15(10-8-13)20-17(21)11-14-5-3-4-6-16(14)19/h3-10,12H,11H2,1-2H3,(H,20,21). The fraction of sp³-hybridized carbons (Fsp3) is 0.222. The highest BCUT2D eigenvalue weighted by Crippen LogP contribution is 2.17. The van der Waals surface area contributed by atoms with Gasteiger partial charge in [0.1, 0.15) is 0 Å². The Bertz CT molecular complexity index is 696. The van der Waals surface area contributed by atoms with Crippen LogP contribution in [0.1, 0.15) is 29.8 Å². The Labute approximate surface area is 140 Å². The Morgan fingerprint density at radius 3 is 2.35 bits per heavy atom. The summed E-state index contributed by atoms with van der Waals surface area (Å²) in [6, 6.07) is 13.8. The van der Waals surface area contributed by atoms with Crippen LogP contribution in [-0.2, 0) is 16.0 Å². The molecule has 0 aliphatic heterocycles. The molecule has 0 unspecified atom stereocenters. The normalized spacial score (nSPS) is 10.4. The Hall–Kier alpha value is -2.33. The van der Waals surface area contributed by atoms with Crippen molar-refractivity contribution >= 4 is 29.2 Å². The van der Waals surface area contributed by atoms with Crippen LogP contribution in [0.25, 0.3) is 0 Å². The number of hydrogen-bond donors (Lipinski definition) is 1. The summed E-state index contributed by atoms with van der Waals surface area (Å²) in [5.74, 6) is -0.551. The molecule has 2 rings (SSSR count). The van der Waals surface area contributed by atoms with Crippen LogP contribution < -0.4 is 5.32 Å². The lowest BCUT2D eigenvalue weighted by Crippen LogP contribution is -2.15. The number of anilines is 1. The van der Waals surface area contributed by atoms with E-state index in [1.54, 1.807) is 44.2 Å². The van der Waals surface area contributed by atoms with Crippen molar-refractivity contribution < 1.29 is 14.3 Å². The van der Waals surface area contributed by atoms with Gasteiger partial charge in [0.25, 0.3) is 0 Å². The first-order valence-corrected chi connectivity index (χ1v) is 7.68. The molecular formula is C18H18ClNO3. The number of amides is 1. The van der Waals surface area contributed by atoms with Crippen LogP contribution in [-0.4, -0.2) is 18.0 Å². The molecule has 0 spiro atoms. The van der Waals surface area contributed by atoms with Gasteiger partial charge in [-0.2, -0.15) is 0 Å². The third kappa shape index (κ3) is 5.11. The number of hydrogen-bond acceptors (Lipinski definition) is 3. The van der Waals surface area contributed by atoms with Crippen LogP contribution in [0.4, 0.5) is 5.69 Å². The van der Waals surface area contributed by atoms with Crippen LogP contribution in [0.5, 0.6) is 0 Å². The predicted octanol–water partition coefficient (Wildman–Crippen LogP) is 4.09.